The fraction of sp³-hybridized carbons (Fsp3) is 0.929. The number of hydrogen-bond acceptors (Lipinski definition) is 2. The number of carbonyl (C=O) groups is 1. The van der Waals surface area contributed by atoms with Gasteiger partial charge in [-0.25, -0.2) is 0 Å². The second-order valence-electron chi connectivity index (χ2n) is 5.98. The summed E-state index contributed by atoms with van der Waals surface area (Å²) in [5.41, 5.74) is 6.05. The van der Waals surface area contributed by atoms with Crippen LogP contribution < -0.4 is 5.73 Å². The minimum atomic E-state index is 0.180. The molecule has 0 aromatic rings. The molecular weight excluding hydrogens is 212 g/mol. The molecule has 2 aliphatic rings. The van der Waals surface area contributed by atoms with Gasteiger partial charge in [0.2, 0.25) is 5.91 Å². The Morgan fingerprint density at radius 1 is 1.24 bits per heavy atom. The molecule has 2 N–H and O–H groups in total. The third-order valence-electron chi connectivity index (χ3n) is 4.56. The molecule has 1 heterocycles. The van der Waals surface area contributed by atoms with Crippen LogP contribution in [0.25, 0.3) is 0 Å². The Balaban J connectivity index is 1.79. The molecule has 0 bridgehead atoms. The van der Waals surface area contributed by atoms with Crippen LogP contribution in [-0.2, 0) is 4.79 Å². The summed E-state index contributed by atoms with van der Waals surface area (Å²) in [5, 5.41) is 0. The van der Waals surface area contributed by atoms with Gasteiger partial charge in [-0.05, 0) is 31.1 Å². The van der Waals surface area contributed by atoms with Crippen molar-refractivity contribution in [3.05, 3.63) is 0 Å². The van der Waals surface area contributed by atoms with Crippen molar-refractivity contribution in [2.24, 2.45) is 17.6 Å². The molecule has 1 saturated heterocycles. The average Bonchev–Trinajstić information content (AvgIpc) is 2.34. The molecule has 2 unspecified atom stereocenters. The maximum absolute atomic E-state index is 12.2. The smallest absolute Gasteiger partial charge is 0.222 e. The van der Waals surface area contributed by atoms with Crippen LogP contribution in [0, 0.1) is 11.8 Å². The van der Waals surface area contributed by atoms with E-state index in [2.05, 4.69) is 6.92 Å². The predicted molar refractivity (Wildman–Crippen MR) is 69.5 cm³/mol. The Labute approximate surface area is 105 Å². The summed E-state index contributed by atoms with van der Waals surface area (Å²) >= 11 is 0. The molecular formula is C14H26N2O. The Morgan fingerprint density at radius 3 is 2.59 bits per heavy atom. The predicted octanol–water partition coefficient (Wildman–Crippen LogP) is 2.15. The fourth-order valence-corrected chi connectivity index (χ4v) is 3.09. The van der Waals surface area contributed by atoms with Gasteiger partial charge in [0.15, 0.2) is 0 Å². The molecule has 2 fully saturated rings. The van der Waals surface area contributed by atoms with E-state index >= 15 is 0 Å². The molecule has 0 aromatic carbocycles. The highest BCUT2D eigenvalue weighted by Gasteiger charge is 2.27. The Kier molecular flexibility index (Phi) is 4.43. The topological polar surface area (TPSA) is 46.3 Å². The number of nitrogens with two attached hydrogens (primary N) is 1. The summed E-state index contributed by atoms with van der Waals surface area (Å²) in [6.45, 7) is 3.88. The highest BCUT2D eigenvalue weighted by molar-refractivity contribution is 5.76. The zero-order chi connectivity index (χ0) is 12.3. The van der Waals surface area contributed by atoms with Crippen molar-refractivity contribution in [2.45, 2.75) is 57.9 Å². The van der Waals surface area contributed by atoms with E-state index in [4.69, 9.17) is 5.73 Å². The van der Waals surface area contributed by atoms with Crippen molar-refractivity contribution in [2.75, 3.05) is 13.1 Å². The van der Waals surface area contributed by atoms with Gasteiger partial charge in [0.05, 0.1) is 0 Å². The standard InChI is InChI=1S/C14H26N2O/c1-11-7-8-16(10-13(11)15)14(17)9-12-5-3-2-4-6-12/h11-13H,2-10,15H2,1H3. The van der Waals surface area contributed by atoms with Crippen LogP contribution in [0.15, 0.2) is 0 Å². The maximum Gasteiger partial charge on any atom is 0.222 e. The molecule has 2 atom stereocenters. The van der Waals surface area contributed by atoms with E-state index < -0.39 is 0 Å². The van der Waals surface area contributed by atoms with Gasteiger partial charge in [-0.2, -0.15) is 0 Å². The summed E-state index contributed by atoms with van der Waals surface area (Å²) in [4.78, 5) is 14.2. The molecule has 2 rings (SSSR count). The lowest BCUT2D eigenvalue weighted by Crippen LogP contribution is -2.50. The van der Waals surface area contributed by atoms with Crippen molar-refractivity contribution in [1.82, 2.24) is 4.90 Å². The van der Waals surface area contributed by atoms with Gasteiger partial charge in [-0.15, -0.1) is 0 Å². The summed E-state index contributed by atoms with van der Waals surface area (Å²) in [5.74, 6) is 1.56. The zero-order valence-electron chi connectivity index (χ0n) is 11.0. The first-order valence-corrected chi connectivity index (χ1v) is 7.20. The van der Waals surface area contributed by atoms with Crippen molar-refractivity contribution >= 4 is 5.91 Å². The lowest BCUT2D eigenvalue weighted by Gasteiger charge is -2.36. The Hall–Kier alpha value is -0.570. The van der Waals surface area contributed by atoms with Crippen LogP contribution in [0.2, 0.25) is 0 Å². The van der Waals surface area contributed by atoms with E-state index in [0.29, 0.717) is 17.7 Å². The minimum Gasteiger partial charge on any atom is -0.341 e. The van der Waals surface area contributed by atoms with Crippen LogP contribution in [-0.4, -0.2) is 29.9 Å². The number of rotatable bonds is 2. The summed E-state index contributed by atoms with van der Waals surface area (Å²) in [7, 11) is 0. The highest BCUT2D eigenvalue weighted by atomic mass is 16.2. The molecule has 1 amide bonds. The lowest BCUT2D eigenvalue weighted by molar-refractivity contribution is -0.134. The second kappa shape index (κ2) is 5.85. The fourth-order valence-electron chi connectivity index (χ4n) is 3.09. The van der Waals surface area contributed by atoms with Gasteiger partial charge in [0.25, 0.3) is 0 Å². The molecule has 0 aromatic heterocycles. The van der Waals surface area contributed by atoms with Crippen LogP contribution >= 0.6 is 0 Å². The first-order chi connectivity index (χ1) is 8.16. The molecule has 1 saturated carbocycles. The molecule has 98 valence electrons. The quantitative estimate of drug-likeness (QED) is 0.801. The number of carbonyl (C=O) groups excluding carboxylic acids is 1. The van der Waals surface area contributed by atoms with E-state index in [1.165, 1.54) is 32.1 Å². The molecule has 3 nitrogen and oxygen atoms in total. The zero-order valence-corrected chi connectivity index (χ0v) is 11.0. The van der Waals surface area contributed by atoms with Crippen molar-refractivity contribution in [1.29, 1.82) is 0 Å². The summed E-state index contributed by atoms with van der Waals surface area (Å²) in [6, 6.07) is 0.180. The van der Waals surface area contributed by atoms with Gasteiger partial charge in [0, 0.05) is 25.6 Å². The molecule has 17 heavy (non-hydrogen) atoms. The lowest BCUT2D eigenvalue weighted by atomic mass is 9.86. The third-order valence-corrected chi connectivity index (χ3v) is 4.56. The molecule has 0 spiro atoms. The number of hydrogen-bond donors (Lipinski definition) is 1. The number of piperidine rings is 1. The van der Waals surface area contributed by atoms with E-state index in [9.17, 15) is 4.79 Å². The largest absolute Gasteiger partial charge is 0.341 e. The van der Waals surface area contributed by atoms with Gasteiger partial charge in [-0.3, -0.25) is 4.79 Å². The number of amides is 1. The van der Waals surface area contributed by atoms with Gasteiger partial charge < -0.3 is 10.6 Å². The van der Waals surface area contributed by atoms with Crippen LogP contribution in [0.4, 0.5) is 0 Å². The van der Waals surface area contributed by atoms with Gasteiger partial charge >= 0.3 is 0 Å². The first-order valence-electron chi connectivity index (χ1n) is 7.20. The molecule has 0 radical (unpaired) electrons. The van der Waals surface area contributed by atoms with Crippen molar-refractivity contribution in [3.63, 3.8) is 0 Å². The van der Waals surface area contributed by atoms with Gasteiger partial charge in [-0.1, -0.05) is 26.2 Å². The van der Waals surface area contributed by atoms with E-state index in [1.54, 1.807) is 0 Å². The highest BCUT2D eigenvalue weighted by Crippen LogP contribution is 2.27. The average molecular weight is 238 g/mol. The maximum atomic E-state index is 12.2. The number of nitrogens with zero attached hydrogens (tertiary/aromatic N) is 1. The first kappa shape index (κ1) is 12.9. The monoisotopic (exact) mass is 238 g/mol. The van der Waals surface area contributed by atoms with Crippen LogP contribution in [0.1, 0.15) is 51.9 Å². The SMILES string of the molecule is CC1CCN(C(=O)CC2CCCCC2)CC1N. The van der Waals surface area contributed by atoms with Crippen LogP contribution in [0.3, 0.4) is 0 Å². The number of likely N-dealkylation sites (tertiary alicyclic amines) is 1. The Morgan fingerprint density at radius 2 is 1.94 bits per heavy atom. The van der Waals surface area contributed by atoms with E-state index in [-0.39, 0.29) is 6.04 Å². The molecule has 1 aliphatic carbocycles. The van der Waals surface area contributed by atoms with Crippen molar-refractivity contribution < 1.29 is 4.79 Å². The van der Waals surface area contributed by atoms with Crippen molar-refractivity contribution in [3.8, 4) is 0 Å². The summed E-state index contributed by atoms with van der Waals surface area (Å²) < 4.78 is 0. The van der Waals surface area contributed by atoms with Gasteiger partial charge in [0.1, 0.15) is 0 Å². The molecule has 1 aliphatic heterocycles. The van der Waals surface area contributed by atoms with Crippen LogP contribution in [0.5, 0.6) is 0 Å². The van der Waals surface area contributed by atoms with E-state index in [1.807, 2.05) is 4.90 Å². The minimum absolute atomic E-state index is 0.180. The normalized spacial score (nSPS) is 31.5. The Bertz CT molecular complexity index is 261. The molecule has 3 heteroatoms. The van der Waals surface area contributed by atoms with E-state index in [0.717, 1.165) is 25.9 Å². The third kappa shape index (κ3) is 3.44. The summed E-state index contributed by atoms with van der Waals surface area (Å²) in [6.07, 6.45) is 8.32. The second-order valence-corrected chi connectivity index (χ2v) is 5.98.